The number of rotatable bonds is 3. The third-order valence-corrected chi connectivity index (χ3v) is 3.80. The highest BCUT2D eigenvalue weighted by Crippen LogP contribution is 2.08. The topological polar surface area (TPSA) is 44.8 Å². The van der Waals surface area contributed by atoms with E-state index >= 15 is 0 Å². The summed E-state index contributed by atoms with van der Waals surface area (Å²) >= 11 is 0. The van der Waals surface area contributed by atoms with Gasteiger partial charge in [0.15, 0.2) is 0 Å². The van der Waals surface area contributed by atoms with E-state index < -0.39 is 0 Å². The largest absolute Gasteiger partial charge is 0.368 e. The van der Waals surface area contributed by atoms with Crippen molar-refractivity contribution in [2.75, 3.05) is 52.9 Å². The average molecular weight is 255 g/mol. The van der Waals surface area contributed by atoms with Gasteiger partial charge in [-0.05, 0) is 45.9 Å². The highest BCUT2D eigenvalue weighted by atomic mass is 16.5. The lowest BCUT2D eigenvalue weighted by molar-refractivity contribution is -0.138. The standard InChI is InChI=1S/C13H25N3O2/c1-15-7-2-8-16(10-9-15)13(17)11-18-12-3-5-14-6-4-12/h12,14H,2-11H2,1H3. The fraction of sp³-hybridized carbons (Fsp3) is 0.923. The molecular formula is C13H25N3O2. The van der Waals surface area contributed by atoms with Crippen molar-refractivity contribution in [3.05, 3.63) is 0 Å². The number of nitrogens with one attached hydrogen (secondary N) is 1. The lowest BCUT2D eigenvalue weighted by Gasteiger charge is -2.25. The summed E-state index contributed by atoms with van der Waals surface area (Å²) in [6, 6.07) is 0. The molecule has 1 N–H and O–H groups in total. The Morgan fingerprint density at radius 2 is 2.00 bits per heavy atom. The van der Waals surface area contributed by atoms with Crippen molar-refractivity contribution in [2.24, 2.45) is 0 Å². The van der Waals surface area contributed by atoms with Gasteiger partial charge < -0.3 is 19.9 Å². The Morgan fingerprint density at radius 1 is 1.22 bits per heavy atom. The van der Waals surface area contributed by atoms with Gasteiger partial charge in [0.1, 0.15) is 6.61 Å². The monoisotopic (exact) mass is 255 g/mol. The van der Waals surface area contributed by atoms with Gasteiger partial charge in [-0.15, -0.1) is 0 Å². The molecule has 0 bridgehead atoms. The molecule has 1 amide bonds. The summed E-state index contributed by atoms with van der Waals surface area (Å²) in [6.07, 6.45) is 3.38. The third kappa shape index (κ3) is 4.23. The van der Waals surface area contributed by atoms with Crippen LogP contribution in [0, 0.1) is 0 Å². The highest BCUT2D eigenvalue weighted by Gasteiger charge is 2.20. The number of piperidine rings is 1. The summed E-state index contributed by atoms with van der Waals surface area (Å²) in [5.74, 6) is 0.156. The van der Waals surface area contributed by atoms with Gasteiger partial charge in [-0.3, -0.25) is 4.79 Å². The number of amides is 1. The van der Waals surface area contributed by atoms with Gasteiger partial charge in [0.25, 0.3) is 0 Å². The van der Waals surface area contributed by atoms with E-state index in [1.165, 1.54) is 0 Å². The van der Waals surface area contributed by atoms with Crippen LogP contribution in [0.5, 0.6) is 0 Å². The van der Waals surface area contributed by atoms with Crippen LogP contribution in [0.3, 0.4) is 0 Å². The zero-order valence-corrected chi connectivity index (χ0v) is 11.4. The second kappa shape index (κ2) is 7.07. The molecule has 0 aromatic carbocycles. The minimum Gasteiger partial charge on any atom is -0.368 e. The van der Waals surface area contributed by atoms with Crippen LogP contribution < -0.4 is 5.32 Å². The first kappa shape index (κ1) is 13.8. The van der Waals surface area contributed by atoms with Crippen LogP contribution in [0.15, 0.2) is 0 Å². The van der Waals surface area contributed by atoms with E-state index in [-0.39, 0.29) is 18.6 Å². The van der Waals surface area contributed by atoms with Crippen LogP contribution in [-0.2, 0) is 9.53 Å². The normalized spacial score (nSPS) is 23.9. The number of carbonyl (C=O) groups is 1. The quantitative estimate of drug-likeness (QED) is 0.766. The van der Waals surface area contributed by atoms with Crippen LogP contribution >= 0.6 is 0 Å². The highest BCUT2D eigenvalue weighted by molar-refractivity contribution is 5.77. The summed E-state index contributed by atoms with van der Waals surface area (Å²) in [7, 11) is 2.11. The first-order valence-electron chi connectivity index (χ1n) is 7.04. The second-order valence-corrected chi connectivity index (χ2v) is 5.30. The minimum atomic E-state index is 0.156. The van der Waals surface area contributed by atoms with Gasteiger partial charge in [0, 0.05) is 19.6 Å². The fourth-order valence-corrected chi connectivity index (χ4v) is 2.54. The number of likely N-dealkylation sites (N-methyl/N-ethyl adjacent to an activating group) is 1. The zero-order chi connectivity index (χ0) is 12.8. The van der Waals surface area contributed by atoms with E-state index in [1.54, 1.807) is 0 Å². The lowest BCUT2D eigenvalue weighted by atomic mass is 10.1. The Bertz CT molecular complexity index is 267. The van der Waals surface area contributed by atoms with Crippen LogP contribution in [0.4, 0.5) is 0 Å². The van der Waals surface area contributed by atoms with Crippen molar-refractivity contribution < 1.29 is 9.53 Å². The summed E-state index contributed by atoms with van der Waals surface area (Å²) in [6.45, 7) is 6.04. The maximum absolute atomic E-state index is 12.1. The summed E-state index contributed by atoms with van der Waals surface area (Å²) in [4.78, 5) is 16.3. The maximum Gasteiger partial charge on any atom is 0.248 e. The number of hydrogen-bond acceptors (Lipinski definition) is 4. The number of carbonyl (C=O) groups excluding carboxylic acids is 1. The maximum atomic E-state index is 12.1. The van der Waals surface area contributed by atoms with E-state index in [4.69, 9.17) is 4.74 Å². The molecule has 2 saturated heterocycles. The minimum absolute atomic E-state index is 0.156. The van der Waals surface area contributed by atoms with Crippen molar-refractivity contribution >= 4 is 5.91 Å². The second-order valence-electron chi connectivity index (χ2n) is 5.30. The van der Waals surface area contributed by atoms with E-state index in [0.29, 0.717) is 0 Å². The van der Waals surface area contributed by atoms with Gasteiger partial charge in [-0.25, -0.2) is 0 Å². The Labute approximate surface area is 109 Å². The predicted molar refractivity (Wildman–Crippen MR) is 70.5 cm³/mol. The van der Waals surface area contributed by atoms with E-state index in [0.717, 1.165) is 58.5 Å². The summed E-state index contributed by atoms with van der Waals surface area (Å²) < 4.78 is 5.72. The molecule has 0 aromatic heterocycles. The molecule has 0 aliphatic carbocycles. The first-order valence-corrected chi connectivity index (χ1v) is 7.04. The molecule has 104 valence electrons. The first-order chi connectivity index (χ1) is 8.75. The number of ether oxygens (including phenoxy) is 1. The fourth-order valence-electron chi connectivity index (χ4n) is 2.54. The van der Waals surface area contributed by atoms with Crippen molar-refractivity contribution in [1.82, 2.24) is 15.1 Å². The van der Waals surface area contributed by atoms with Gasteiger partial charge in [0.05, 0.1) is 6.10 Å². The van der Waals surface area contributed by atoms with Crippen molar-refractivity contribution in [3.8, 4) is 0 Å². The van der Waals surface area contributed by atoms with Gasteiger partial charge in [-0.2, -0.15) is 0 Å². The zero-order valence-electron chi connectivity index (χ0n) is 11.4. The molecule has 0 atom stereocenters. The lowest BCUT2D eigenvalue weighted by Crippen LogP contribution is -2.39. The Hall–Kier alpha value is -0.650. The molecule has 0 unspecified atom stereocenters. The van der Waals surface area contributed by atoms with E-state index in [9.17, 15) is 4.79 Å². The van der Waals surface area contributed by atoms with Crippen molar-refractivity contribution in [3.63, 3.8) is 0 Å². The number of hydrogen-bond donors (Lipinski definition) is 1. The molecule has 5 heteroatoms. The molecule has 0 radical (unpaired) electrons. The van der Waals surface area contributed by atoms with Crippen LogP contribution in [-0.4, -0.2) is 74.7 Å². The van der Waals surface area contributed by atoms with Crippen molar-refractivity contribution in [2.45, 2.75) is 25.4 Å². The predicted octanol–water partition coefficient (Wildman–Crippen LogP) is -0.0809. The Balaban J connectivity index is 1.69. The van der Waals surface area contributed by atoms with Gasteiger partial charge >= 0.3 is 0 Å². The molecule has 18 heavy (non-hydrogen) atoms. The molecule has 2 aliphatic rings. The molecule has 5 nitrogen and oxygen atoms in total. The Morgan fingerprint density at radius 3 is 2.78 bits per heavy atom. The van der Waals surface area contributed by atoms with Crippen LogP contribution in [0.2, 0.25) is 0 Å². The van der Waals surface area contributed by atoms with E-state index in [2.05, 4.69) is 17.3 Å². The van der Waals surface area contributed by atoms with Crippen LogP contribution in [0.25, 0.3) is 0 Å². The third-order valence-electron chi connectivity index (χ3n) is 3.80. The average Bonchev–Trinajstić information content (AvgIpc) is 2.62. The SMILES string of the molecule is CN1CCCN(C(=O)COC2CCNCC2)CC1. The molecule has 2 fully saturated rings. The summed E-state index contributed by atoms with van der Waals surface area (Å²) in [5, 5.41) is 3.30. The smallest absolute Gasteiger partial charge is 0.248 e. The van der Waals surface area contributed by atoms with Gasteiger partial charge in [-0.1, -0.05) is 0 Å². The van der Waals surface area contributed by atoms with E-state index in [1.807, 2.05) is 4.90 Å². The van der Waals surface area contributed by atoms with Gasteiger partial charge in [0.2, 0.25) is 5.91 Å². The Kier molecular flexibility index (Phi) is 5.41. The molecule has 0 spiro atoms. The van der Waals surface area contributed by atoms with Crippen molar-refractivity contribution in [1.29, 1.82) is 0 Å². The molecule has 2 rings (SSSR count). The number of nitrogens with zero attached hydrogens (tertiary/aromatic N) is 2. The molecule has 0 saturated carbocycles. The molecule has 2 aliphatic heterocycles. The molecular weight excluding hydrogens is 230 g/mol. The molecule has 2 heterocycles. The summed E-state index contributed by atoms with van der Waals surface area (Å²) in [5.41, 5.74) is 0. The van der Waals surface area contributed by atoms with Crippen LogP contribution in [0.1, 0.15) is 19.3 Å². The molecule has 0 aromatic rings.